The first-order valence-electron chi connectivity index (χ1n) is 7.06. The minimum absolute atomic E-state index is 0.117. The number of amidine groups is 1. The Labute approximate surface area is 131 Å². The molecule has 0 spiro atoms. The van der Waals surface area contributed by atoms with Crippen molar-refractivity contribution in [2.45, 2.75) is 32.1 Å². The molecule has 0 saturated heterocycles. The van der Waals surface area contributed by atoms with Gasteiger partial charge in [-0.1, -0.05) is 66.4 Å². The van der Waals surface area contributed by atoms with Gasteiger partial charge in [0.2, 0.25) is 0 Å². The highest BCUT2D eigenvalue weighted by Gasteiger charge is 2.08. The quantitative estimate of drug-likeness (QED) is 0.659. The molecule has 2 aromatic carbocycles. The topological polar surface area (TPSA) is 38.4 Å². The van der Waals surface area contributed by atoms with Gasteiger partial charge in [-0.25, -0.2) is 0 Å². The van der Waals surface area contributed by atoms with Gasteiger partial charge < -0.3 is 5.73 Å². The summed E-state index contributed by atoms with van der Waals surface area (Å²) < 4.78 is 0. The van der Waals surface area contributed by atoms with Crippen molar-refractivity contribution in [1.82, 2.24) is 0 Å². The Kier molecular flexibility index (Phi) is 5.07. The van der Waals surface area contributed by atoms with Crippen LogP contribution in [0.25, 0.3) is 11.1 Å². The Morgan fingerprint density at radius 2 is 1.52 bits per heavy atom. The standard InChI is InChI=1S/C18H22N2S/c1-18(2,3)20-17(19)21-13-14-9-11-16(12-10-14)15-7-5-4-6-8-15/h4-12H,13H2,1-3H3,(H2,19,20). The molecule has 0 aliphatic heterocycles. The van der Waals surface area contributed by atoms with Crippen LogP contribution in [-0.4, -0.2) is 10.7 Å². The zero-order valence-corrected chi connectivity index (χ0v) is 13.7. The van der Waals surface area contributed by atoms with Gasteiger partial charge in [-0.15, -0.1) is 0 Å². The first kappa shape index (κ1) is 15.6. The molecule has 0 unspecified atom stereocenters. The van der Waals surface area contributed by atoms with Gasteiger partial charge in [0, 0.05) is 5.75 Å². The summed E-state index contributed by atoms with van der Waals surface area (Å²) in [6, 6.07) is 19.0. The van der Waals surface area contributed by atoms with Crippen molar-refractivity contribution in [2.75, 3.05) is 0 Å². The molecule has 0 radical (unpaired) electrons. The molecule has 2 aromatic rings. The van der Waals surface area contributed by atoms with Crippen LogP contribution in [0.4, 0.5) is 0 Å². The van der Waals surface area contributed by atoms with E-state index in [1.807, 2.05) is 6.07 Å². The van der Waals surface area contributed by atoms with E-state index < -0.39 is 0 Å². The molecule has 0 atom stereocenters. The number of hydrogen-bond donors (Lipinski definition) is 1. The van der Waals surface area contributed by atoms with Crippen LogP contribution >= 0.6 is 11.8 Å². The van der Waals surface area contributed by atoms with Gasteiger partial charge in [0.25, 0.3) is 0 Å². The van der Waals surface area contributed by atoms with Crippen molar-refractivity contribution >= 4 is 16.9 Å². The van der Waals surface area contributed by atoms with E-state index in [1.165, 1.54) is 16.7 Å². The highest BCUT2D eigenvalue weighted by molar-refractivity contribution is 8.13. The predicted molar refractivity (Wildman–Crippen MR) is 94.5 cm³/mol. The largest absolute Gasteiger partial charge is 0.379 e. The van der Waals surface area contributed by atoms with Gasteiger partial charge in [0.05, 0.1) is 5.54 Å². The molecule has 110 valence electrons. The number of thioether (sulfide) groups is 1. The number of aliphatic imine (C=N–C) groups is 1. The van der Waals surface area contributed by atoms with Crippen LogP contribution in [0, 0.1) is 0 Å². The number of rotatable bonds is 3. The third-order valence-electron chi connectivity index (χ3n) is 2.89. The molecule has 2 N–H and O–H groups in total. The molecule has 2 rings (SSSR count). The van der Waals surface area contributed by atoms with Gasteiger partial charge in [-0.05, 0) is 37.5 Å². The average molecular weight is 298 g/mol. The lowest BCUT2D eigenvalue weighted by Crippen LogP contribution is -2.17. The van der Waals surface area contributed by atoms with Gasteiger partial charge >= 0.3 is 0 Å². The van der Waals surface area contributed by atoms with E-state index in [-0.39, 0.29) is 5.54 Å². The highest BCUT2D eigenvalue weighted by atomic mass is 32.2. The van der Waals surface area contributed by atoms with Crippen molar-refractivity contribution in [1.29, 1.82) is 0 Å². The Balaban J connectivity index is 1.99. The molecule has 0 fully saturated rings. The van der Waals surface area contributed by atoms with Gasteiger partial charge in [0.1, 0.15) is 0 Å². The summed E-state index contributed by atoms with van der Waals surface area (Å²) in [5, 5.41) is 0.648. The number of nitrogens with two attached hydrogens (primary N) is 1. The van der Waals surface area contributed by atoms with Crippen LogP contribution in [-0.2, 0) is 5.75 Å². The lowest BCUT2D eigenvalue weighted by molar-refractivity contribution is 0.585. The Morgan fingerprint density at radius 1 is 0.952 bits per heavy atom. The SMILES string of the molecule is CC(C)(C)N=C(N)SCc1ccc(-c2ccccc2)cc1. The summed E-state index contributed by atoms with van der Waals surface area (Å²) in [6.45, 7) is 6.15. The monoisotopic (exact) mass is 298 g/mol. The summed E-state index contributed by atoms with van der Waals surface area (Å²) in [5.74, 6) is 0.848. The molecule has 0 saturated carbocycles. The fourth-order valence-electron chi connectivity index (χ4n) is 1.94. The molecular weight excluding hydrogens is 276 g/mol. The van der Waals surface area contributed by atoms with Crippen molar-refractivity contribution < 1.29 is 0 Å². The molecule has 21 heavy (non-hydrogen) atoms. The van der Waals surface area contributed by atoms with E-state index in [0.29, 0.717) is 5.17 Å². The van der Waals surface area contributed by atoms with E-state index >= 15 is 0 Å². The molecule has 0 aromatic heterocycles. The summed E-state index contributed by atoms with van der Waals surface area (Å²) >= 11 is 1.59. The van der Waals surface area contributed by atoms with E-state index in [2.05, 4.69) is 74.3 Å². The maximum atomic E-state index is 5.94. The van der Waals surface area contributed by atoms with Crippen molar-refractivity contribution in [3.8, 4) is 11.1 Å². The van der Waals surface area contributed by atoms with E-state index in [0.717, 1.165) is 5.75 Å². The molecule has 0 aliphatic carbocycles. The molecule has 0 amide bonds. The first-order valence-corrected chi connectivity index (χ1v) is 8.05. The molecule has 3 heteroatoms. The molecule has 2 nitrogen and oxygen atoms in total. The summed E-state index contributed by atoms with van der Waals surface area (Å²) in [4.78, 5) is 4.45. The van der Waals surface area contributed by atoms with Gasteiger partial charge in [-0.2, -0.15) is 0 Å². The predicted octanol–water partition coefficient (Wildman–Crippen LogP) is 4.70. The summed E-state index contributed by atoms with van der Waals surface area (Å²) in [7, 11) is 0. The van der Waals surface area contributed by atoms with Crippen LogP contribution in [0.15, 0.2) is 59.6 Å². The third-order valence-corrected chi connectivity index (χ3v) is 3.76. The zero-order chi connectivity index (χ0) is 15.3. The van der Waals surface area contributed by atoms with Crippen molar-refractivity contribution in [3.63, 3.8) is 0 Å². The smallest absolute Gasteiger partial charge is 0.154 e. The van der Waals surface area contributed by atoms with Crippen LogP contribution < -0.4 is 5.73 Å². The van der Waals surface area contributed by atoms with Gasteiger partial charge in [0.15, 0.2) is 5.17 Å². The second kappa shape index (κ2) is 6.81. The normalized spacial score (nSPS) is 12.4. The number of benzene rings is 2. The maximum Gasteiger partial charge on any atom is 0.154 e. The molecule has 0 heterocycles. The second-order valence-electron chi connectivity index (χ2n) is 5.97. The lowest BCUT2D eigenvalue weighted by atomic mass is 10.0. The first-order chi connectivity index (χ1) is 9.94. The van der Waals surface area contributed by atoms with Crippen molar-refractivity contribution in [3.05, 3.63) is 60.2 Å². The van der Waals surface area contributed by atoms with E-state index in [1.54, 1.807) is 11.8 Å². The third kappa shape index (κ3) is 5.27. The average Bonchev–Trinajstić information content (AvgIpc) is 2.45. The van der Waals surface area contributed by atoms with Crippen LogP contribution in [0.1, 0.15) is 26.3 Å². The summed E-state index contributed by atoms with van der Waals surface area (Å²) in [6.07, 6.45) is 0. The fourth-order valence-corrected chi connectivity index (χ4v) is 2.79. The number of nitrogens with zero attached hydrogens (tertiary/aromatic N) is 1. The molecule has 0 bridgehead atoms. The van der Waals surface area contributed by atoms with Crippen LogP contribution in [0.2, 0.25) is 0 Å². The Hall–Kier alpha value is -1.74. The van der Waals surface area contributed by atoms with E-state index in [9.17, 15) is 0 Å². The van der Waals surface area contributed by atoms with Gasteiger partial charge in [-0.3, -0.25) is 4.99 Å². The van der Waals surface area contributed by atoms with E-state index in [4.69, 9.17) is 5.73 Å². The highest BCUT2D eigenvalue weighted by Crippen LogP contribution is 2.21. The summed E-state index contributed by atoms with van der Waals surface area (Å²) in [5.41, 5.74) is 9.56. The zero-order valence-electron chi connectivity index (χ0n) is 12.8. The van der Waals surface area contributed by atoms with Crippen LogP contribution in [0.3, 0.4) is 0 Å². The van der Waals surface area contributed by atoms with Crippen molar-refractivity contribution in [2.24, 2.45) is 10.7 Å². The second-order valence-corrected chi connectivity index (χ2v) is 6.97. The van der Waals surface area contributed by atoms with Crippen LogP contribution in [0.5, 0.6) is 0 Å². The Morgan fingerprint density at radius 3 is 2.10 bits per heavy atom. The fraction of sp³-hybridized carbons (Fsp3) is 0.278. The maximum absolute atomic E-state index is 5.94. The molecule has 0 aliphatic rings. The minimum atomic E-state index is -0.117. The molecular formula is C18H22N2S. The lowest BCUT2D eigenvalue weighted by Gasteiger charge is -2.13. The number of hydrogen-bond acceptors (Lipinski definition) is 2. The Bertz CT molecular complexity index is 595. The minimum Gasteiger partial charge on any atom is -0.379 e.